The number of ether oxygens (including phenoxy) is 1. The summed E-state index contributed by atoms with van der Waals surface area (Å²) in [5.41, 5.74) is -0.523. The minimum Gasteiger partial charge on any atom is -0.469 e. The predicted molar refractivity (Wildman–Crippen MR) is 69.1 cm³/mol. The smallest absolute Gasteiger partial charge is 0.312 e. The number of nitrogens with one attached hydrogen (secondary N) is 2. The summed E-state index contributed by atoms with van der Waals surface area (Å²) >= 11 is 0. The minimum atomic E-state index is -0.523. The van der Waals surface area contributed by atoms with Gasteiger partial charge in [-0.15, -0.1) is 0 Å². The average Bonchev–Trinajstić information content (AvgIpc) is 3.11. The van der Waals surface area contributed by atoms with Crippen molar-refractivity contribution in [3.05, 3.63) is 0 Å². The monoisotopic (exact) mass is 256 g/mol. The van der Waals surface area contributed by atoms with Gasteiger partial charge in [0.1, 0.15) is 0 Å². The molecule has 1 aliphatic carbocycles. The fourth-order valence-electron chi connectivity index (χ4n) is 1.65. The normalized spacial score (nSPS) is 15.3. The van der Waals surface area contributed by atoms with Gasteiger partial charge in [-0.25, -0.2) is 0 Å². The van der Waals surface area contributed by atoms with Crippen molar-refractivity contribution in [3.63, 3.8) is 0 Å². The number of carbonyl (C=O) groups excluding carboxylic acids is 2. The Balaban J connectivity index is 2.03. The molecule has 1 aliphatic rings. The fourth-order valence-corrected chi connectivity index (χ4v) is 1.65. The van der Waals surface area contributed by atoms with E-state index in [9.17, 15) is 9.59 Å². The Morgan fingerprint density at radius 1 is 1.33 bits per heavy atom. The van der Waals surface area contributed by atoms with Crippen molar-refractivity contribution in [2.75, 3.05) is 20.2 Å². The second kappa shape index (κ2) is 6.73. The summed E-state index contributed by atoms with van der Waals surface area (Å²) in [5.74, 6) is -0.0898. The molecule has 0 unspecified atom stereocenters. The number of hydrogen-bond donors (Lipinski definition) is 2. The van der Waals surface area contributed by atoms with Gasteiger partial charge in [0.05, 0.1) is 12.5 Å². The van der Waals surface area contributed by atoms with Crippen molar-refractivity contribution in [2.45, 2.75) is 45.6 Å². The standard InChI is InChI=1S/C13H24N2O3/c1-13(2,12(17)18-3)9-14-8-4-5-11(16)15-10-6-7-10/h10,14H,4-9H2,1-3H3,(H,15,16). The zero-order chi connectivity index (χ0) is 13.6. The lowest BCUT2D eigenvalue weighted by Crippen LogP contribution is -2.37. The third-order valence-corrected chi connectivity index (χ3v) is 3.00. The van der Waals surface area contributed by atoms with Gasteiger partial charge in [0.2, 0.25) is 5.91 Å². The molecule has 5 nitrogen and oxygen atoms in total. The average molecular weight is 256 g/mol. The molecule has 18 heavy (non-hydrogen) atoms. The molecule has 1 saturated carbocycles. The Kier molecular flexibility index (Phi) is 5.59. The second-order valence-corrected chi connectivity index (χ2v) is 5.50. The molecule has 1 fully saturated rings. The molecule has 0 aromatic carbocycles. The summed E-state index contributed by atoms with van der Waals surface area (Å²) in [4.78, 5) is 22.8. The van der Waals surface area contributed by atoms with Gasteiger partial charge in [0, 0.05) is 19.0 Å². The molecular formula is C13H24N2O3. The van der Waals surface area contributed by atoms with Crippen molar-refractivity contribution in [3.8, 4) is 0 Å². The largest absolute Gasteiger partial charge is 0.469 e. The first-order chi connectivity index (χ1) is 8.45. The van der Waals surface area contributed by atoms with Crippen molar-refractivity contribution >= 4 is 11.9 Å². The summed E-state index contributed by atoms with van der Waals surface area (Å²) in [6.07, 6.45) is 3.58. The second-order valence-electron chi connectivity index (χ2n) is 5.50. The van der Waals surface area contributed by atoms with Crippen LogP contribution in [-0.4, -0.2) is 38.1 Å². The summed E-state index contributed by atoms with van der Waals surface area (Å²) in [7, 11) is 1.40. The highest BCUT2D eigenvalue weighted by Crippen LogP contribution is 2.18. The third-order valence-electron chi connectivity index (χ3n) is 3.00. The summed E-state index contributed by atoms with van der Waals surface area (Å²) in [6, 6.07) is 0.434. The quantitative estimate of drug-likeness (QED) is 0.499. The van der Waals surface area contributed by atoms with Gasteiger partial charge in [-0.1, -0.05) is 0 Å². The topological polar surface area (TPSA) is 67.4 Å². The van der Waals surface area contributed by atoms with E-state index in [0.717, 1.165) is 25.8 Å². The van der Waals surface area contributed by atoms with Gasteiger partial charge in [0.15, 0.2) is 0 Å². The van der Waals surface area contributed by atoms with E-state index in [1.807, 2.05) is 13.8 Å². The molecule has 0 aromatic heterocycles. The Morgan fingerprint density at radius 2 is 2.00 bits per heavy atom. The van der Waals surface area contributed by atoms with Crippen LogP contribution >= 0.6 is 0 Å². The van der Waals surface area contributed by atoms with Crippen molar-refractivity contribution < 1.29 is 14.3 Å². The van der Waals surface area contributed by atoms with Crippen LogP contribution in [0.25, 0.3) is 0 Å². The Labute approximate surface area is 109 Å². The first-order valence-corrected chi connectivity index (χ1v) is 6.54. The number of amides is 1. The lowest BCUT2D eigenvalue weighted by molar-refractivity contribution is -0.150. The zero-order valence-electron chi connectivity index (χ0n) is 11.5. The molecule has 0 spiro atoms. The zero-order valence-corrected chi connectivity index (χ0v) is 11.5. The molecule has 0 bridgehead atoms. The van der Waals surface area contributed by atoms with Crippen molar-refractivity contribution in [2.24, 2.45) is 5.41 Å². The molecule has 104 valence electrons. The van der Waals surface area contributed by atoms with E-state index in [0.29, 0.717) is 19.0 Å². The maximum Gasteiger partial charge on any atom is 0.312 e. The van der Waals surface area contributed by atoms with E-state index in [1.54, 1.807) is 0 Å². The van der Waals surface area contributed by atoms with Gasteiger partial charge in [-0.2, -0.15) is 0 Å². The molecule has 0 saturated heterocycles. The van der Waals surface area contributed by atoms with Crippen LogP contribution in [-0.2, 0) is 14.3 Å². The maximum absolute atomic E-state index is 11.4. The van der Waals surface area contributed by atoms with E-state index in [4.69, 9.17) is 4.74 Å². The molecule has 1 amide bonds. The van der Waals surface area contributed by atoms with Gasteiger partial charge >= 0.3 is 5.97 Å². The van der Waals surface area contributed by atoms with Crippen LogP contribution in [0.5, 0.6) is 0 Å². The molecular weight excluding hydrogens is 232 g/mol. The molecule has 0 aromatic rings. The van der Waals surface area contributed by atoms with E-state index in [2.05, 4.69) is 10.6 Å². The third kappa shape index (κ3) is 5.49. The molecule has 1 rings (SSSR count). The number of rotatable bonds is 8. The first-order valence-electron chi connectivity index (χ1n) is 6.54. The summed E-state index contributed by atoms with van der Waals surface area (Å²) in [5, 5.41) is 6.13. The molecule has 0 radical (unpaired) electrons. The highest BCUT2D eigenvalue weighted by atomic mass is 16.5. The predicted octanol–water partition coefficient (Wildman–Crippen LogP) is 0.834. The Morgan fingerprint density at radius 3 is 2.56 bits per heavy atom. The van der Waals surface area contributed by atoms with E-state index < -0.39 is 5.41 Å². The number of carbonyl (C=O) groups is 2. The molecule has 0 aliphatic heterocycles. The van der Waals surface area contributed by atoms with Crippen molar-refractivity contribution in [1.82, 2.24) is 10.6 Å². The summed E-state index contributed by atoms with van der Waals surface area (Å²) in [6.45, 7) is 4.97. The van der Waals surface area contributed by atoms with Crippen LogP contribution in [0.2, 0.25) is 0 Å². The van der Waals surface area contributed by atoms with Crippen LogP contribution in [0, 0.1) is 5.41 Å². The summed E-state index contributed by atoms with van der Waals surface area (Å²) < 4.78 is 4.72. The Bertz CT molecular complexity index is 299. The molecule has 5 heteroatoms. The van der Waals surface area contributed by atoms with Gasteiger partial charge in [-0.05, 0) is 39.7 Å². The van der Waals surface area contributed by atoms with Crippen LogP contribution in [0.3, 0.4) is 0 Å². The molecule has 2 N–H and O–H groups in total. The fraction of sp³-hybridized carbons (Fsp3) is 0.846. The lowest BCUT2D eigenvalue weighted by Gasteiger charge is -2.21. The maximum atomic E-state index is 11.4. The van der Waals surface area contributed by atoms with E-state index in [-0.39, 0.29) is 11.9 Å². The number of esters is 1. The van der Waals surface area contributed by atoms with E-state index >= 15 is 0 Å². The molecule has 0 heterocycles. The van der Waals surface area contributed by atoms with Crippen LogP contribution in [0.4, 0.5) is 0 Å². The highest BCUT2D eigenvalue weighted by Gasteiger charge is 2.28. The highest BCUT2D eigenvalue weighted by molar-refractivity contribution is 5.76. The minimum absolute atomic E-state index is 0.131. The van der Waals surface area contributed by atoms with Crippen LogP contribution < -0.4 is 10.6 Å². The Hall–Kier alpha value is -1.10. The van der Waals surface area contributed by atoms with E-state index in [1.165, 1.54) is 7.11 Å². The van der Waals surface area contributed by atoms with Gasteiger partial charge in [-0.3, -0.25) is 9.59 Å². The van der Waals surface area contributed by atoms with Gasteiger partial charge in [0.25, 0.3) is 0 Å². The SMILES string of the molecule is COC(=O)C(C)(C)CNCCCC(=O)NC1CC1. The molecule has 0 atom stereocenters. The van der Waals surface area contributed by atoms with Crippen molar-refractivity contribution in [1.29, 1.82) is 0 Å². The lowest BCUT2D eigenvalue weighted by atomic mass is 9.94. The van der Waals surface area contributed by atoms with Crippen LogP contribution in [0.15, 0.2) is 0 Å². The van der Waals surface area contributed by atoms with Gasteiger partial charge < -0.3 is 15.4 Å². The number of hydrogen-bond acceptors (Lipinski definition) is 4. The number of methoxy groups -OCH3 is 1. The first kappa shape index (κ1) is 15.0. The van der Waals surface area contributed by atoms with Crippen LogP contribution in [0.1, 0.15) is 39.5 Å².